The van der Waals surface area contributed by atoms with E-state index in [4.69, 9.17) is 4.74 Å². The monoisotopic (exact) mass is 397 g/mol. The number of Topliss-reactive ketones (excluding diaryl/α,β-unsaturated/α-hetero) is 1. The Morgan fingerprint density at radius 2 is 1.63 bits per heavy atom. The van der Waals surface area contributed by atoms with E-state index in [0.29, 0.717) is 6.42 Å². The van der Waals surface area contributed by atoms with E-state index in [0.717, 1.165) is 47.6 Å². The van der Waals surface area contributed by atoms with Crippen molar-refractivity contribution < 1.29 is 9.53 Å². The molecule has 3 nitrogen and oxygen atoms in total. The molecule has 4 rings (SSSR count). The third kappa shape index (κ3) is 4.52. The van der Waals surface area contributed by atoms with Gasteiger partial charge in [0.25, 0.3) is 0 Å². The maximum absolute atomic E-state index is 12.8. The number of carbonyl (C=O) groups excluding carboxylic acids is 1. The van der Waals surface area contributed by atoms with E-state index < -0.39 is 0 Å². The zero-order chi connectivity index (χ0) is 20.9. The second-order valence-electron chi connectivity index (χ2n) is 7.73. The number of carbonyl (C=O) groups is 1. The van der Waals surface area contributed by atoms with Crippen molar-refractivity contribution >= 4 is 11.9 Å². The van der Waals surface area contributed by atoms with E-state index >= 15 is 0 Å². The number of hydrogen-bond acceptors (Lipinski definition) is 3. The van der Waals surface area contributed by atoms with Gasteiger partial charge in [-0.2, -0.15) is 0 Å². The summed E-state index contributed by atoms with van der Waals surface area (Å²) in [6.07, 6.45) is 2.70. The minimum Gasteiger partial charge on any atom is -0.497 e. The molecule has 0 fully saturated rings. The lowest BCUT2D eigenvalue weighted by atomic mass is 10.1. The third-order valence-corrected chi connectivity index (χ3v) is 5.66. The number of rotatable bonds is 7. The number of ketones is 1. The second kappa shape index (κ2) is 9.10. The van der Waals surface area contributed by atoms with E-state index in [1.165, 1.54) is 11.1 Å². The molecule has 1 aliphatic rings. The average Bonchev–Trinajstić information content (AvgIpc) is 3.09. The molecule has 3 aromatic carbocycles. The number of hydrogen-bond donors (Lipinski definition) is 0. The predicted octanol–water partition coefficient (Wildman–Crippen LogP) is 5.54. The molecule has 0 bridgehead atoms. The summed E-state index contributed by atoms with van der Waals surface area (Å²) >= 11 is 0. The van der Waals surface area contributed by atoms with Gasteiger partial charge in [-0.05, 0) is 47.0 Å². The van der Waals surface area contributed by atoms with Gasteiger partial charge in [-0.1, -0.05) is 67.6 Å². The summed E-state index contributed by atoms with van der Waals surface area (Å²) < 4.78 is 5.26. The van der Waals surface area contributed by atoms with Gasteiger partial charge in [0.2, 0.25) is 0 Å². The molecule has 3 aromatic rings. The van der Waals surface area contributed by atoms with Gasteiger partial charge >= 0.3 is 0 Å². The van der Waals surface area contributed by atoms with E-state index in [9.17, 15) is 4.79 Å². The molecule has 0 saturated carbocycles. The van der Waals surface area contributed by atoms with Crippen LogP contribution in [0.1, 0.15) is 39.5 Å². The van der Waals surface area contributed by atoms with Crippen molar-refractivity contribution in [3.8, 4) is 5.75 Å². The summed E-state index contributed by atoms with van der Waals surface area (Å²) in [6, 6.07) is 24.9. The lowest BCUT2D eigenvalue weighted by Gasteiger charge is -2.20. The van der Waals surface area contributed by atoms with Crippen LogP contribution in [-0.4, -0.2) is 24.3 Å². The number of ether oxygens (including phenoxy) is 1. The van der Waals surface area contributed by atoms with Crippen LogP contribution in [0.2, 0.25) is 0 Å². The number of benzene rings is 3. The van der Waals surface area contributed by atoms with Crippen LogP contribution in [0.25, 0.3) is 6.08 Å². The fourth-order valence-corrected chi connectivity index (χ4v) is 3.92. The first-order valence-electron chi connectivity index (χ1n) is 10.4. The second-order valence-corrected chi connectivity index (χ2v) is 7.73. The summed E-state index contributed by atoms with van der Waals surface area (Å²) in [7, 11) is 1.62. The quantitative estimate of drug-likeness (QED) is 0.490. The Kier molecular flexibility index (Phi) is 6.10. The average molecular weight is 398 g/mol. The van der Waals surface area contributed by atoms with Crippen LogP contribution in [0.4, 0.5) is 0 Å². The summed E-state index contributed by atoms with van der Waals surface area (Å²) in [5.74, 6) is 0.830. The van der Waals surface area contributed by atoms with Crippen LogP contribution >= 0.6 is 0 Å². The van der Waals surface area contributed by atoms with Crippen LogP contribution in [0.5, 0.6) is 5.75 Å². The lowest BCUT2D eigenvalue weighted by Crippen LogP contribution is -2.22. The first-order valence-corrected chi connectivity index (χ1v) is 10.4. The van der Waals surface area contributed by atoms with Crippen molar-refractivity contribution in [2.75, 3.05) is 13.7 Å². The minimum absolute atomic E-state index is 0.105. The van der Waals surface area contributed by atoms with E-state index in [1.54, 1.807) is 7.11 Å². The number of methoxy groups -OCH3 is 1. The fraction of sp³-hybridized carbons (Fsp3) is 0.222. The maximum atomic E-state index is 12.8. The van der Waals surface area contributed by atoms with Gasteiger partial charge in [-0.25, -0.2) is 0 Å². The number of allylic oxidation sites excluding steroid dienone is 1. The number of fused-ring (bicyclic) bond motifs is 1. The summed E-state index contributed by atoms with van der Waals surface area (Å²) in [5.41, 5.74) is 6.34. The van der Waals surface area contributed by atoms with Crippen LogP contribution < -0.4 is 4.74 Å². The molecule has 152 valence electrons. The molecule has 0 aliphatic heterocycles. The van der Waals surface area contributed by atoms with Crippen LogP contribution in [0.3, 0.4) is 0 Å². The molecule has 0 heterocycles. The normalized spacial score (nSPS) is 14.4. The molecule has 0 amide bonds. The van der Waals surface area contributed by atoms with Crippen molar-refractivity contribution in [3.63, 3.8) is 0 Å². The highest BCUT2D eigenvalue weighted by Gasteiger charge is 2.25. The van der Waals surface area contributed by atoms with Gasteiger partial charge in [-0.15, -0.1) is 0 Å². The van der Waals surface area contributed by atoms with Crippen LogP contribution in [-0.2, 0) is 19.5 Å². The highest BCUT2D eigenvalue weighted by Crippen LogP contribution is 2.30. The third-order valence-electron chi connectivity index (χ3n) is 5.66. The molecule has 0 aromatic heterocycles. The fourth-order valence-electron chi connectivity index (χ4n) is 3.92. The lowest BCUT2D eigenvalue weighted by molar-refractivity contribution is 0.104. The minimum atomic E-state index is 0.105. The van der Waals surface area contributed by atoms with Gasteiger partial charge in [0, 0.05) is 30.6 Å². The first kappa shape index (κ1) is 20.1. The molecule has 0 saturated heterocycles. The van der Waals surface area contributed by atoms with Gasteiger partial charge in [0.15, 0.2) is 5.78 Å². The predicted molar refractivity (Wildman–Crippen MR) is 122 cm³/mol. The van der Waals surface area contributed by atoms with Gasteiger partial charge in [0.05, 0.1) is 7.11 Å². The smallest absolute Gasteiger partial charge is 0.189 e. The topological polar surface area (TPSA) is 29.5 Å². The van der Waals surface area contributed by atoms with Gasteiger partial charge < -0.3 is 4.74 Å². The summed E-state index contributed by atoms with van der Waals surface area (Å²) in [5, 5.41) is 0. The highest BCUT2D eigenvalue weighted by molar-refractivity contribution is 6.15. The molecule has 3 heteroatoms. The Balaban J connectivity index is 1.44. The van der Waals surface area contributed by atoms with E-state index in [1.807, 2.05) is 24.3 Å². The molecule has 0 unspecified atom stereocenters. The molecule has 1 aliphatic carbocycles. The Labute approximate surface area is 178 Å². The van der Waals surface area contributed by atoms with Crippen molar-refractivity contribution in [1.29, 1.82) is 0 Å². The SMILES string of the molecule is CCN(Cc1ccccc1)Cc1ccc(/C=C2\Cc3ccc(OC)cc3C2=O)cc1. The van der Waals surface area contributed by atoms with Crippen molar-refractivity contribution in [2.24, 2.45) is 0 Å². The zero-order valence-electron chi connectivity index (χ0n) is 17.6. The van der Waals surface area contributed by atoms with E-state index in [2.05, 4.69) is 66.4 Å². The molecule has 0 radical (unpaired) electrons. The van der Waals surface area contributed by atoms with Crippen molar-refractivity contribution in [3.05, 3.63) is 106 Å². The number of nitrogens with zero attached hydrogens (tertiary/aromatic N) is 1. The van der Waals surface area contributed by atoms with Crippen molar-refractivity contribution in [1.82, 2.24) is 4.90 Å². The van der Waals surface area contributed by atoms with Crippen LogP contribution in [0, 0.1) is 0 Å². The van der Waals surface area contributed by atoms with E-state index in [-0.39, 0.29) is 5.78 Å². The molecular formula is C27H27NO2. The standard InChI is InChI=1S/C27H27NO2/c1-3-28(18-21-7-5-4-6-8-21)19-22-11-9-20(10-12-22)15-24-16-23-13-14-25(30-2)17-26(23)27(24)29/h4-15,17H,3,16,18-19H2,1-2H3/b24-15+. The first-order chi connectivity index (χ1) is 14.7. The molecular weight excluding hydrogens is 370 g/mol. The van der Waals surface area contributed by atoms with Gasteiger partial charge in [-0.3, -0.25) is 9.69 Å². The van der Waals surface area contributed by atoms with Gasteiger partial charge in [0.1, 0.15) is 5.75 Å². The molecule has 30 heavy (non-hydrogen) atoms. The zero-order valence-corrected chi connectivity index (χ0v) is 17.6. The Bertz CT molecular complexity index is 1050. The molecule has 0 atom stereocenters. The largest absolute Gasteiger partial charge is 0.497 e. The Morgan fingerprint density at radius 1 is 0.933 bits per heavy atom. The van der Waals surface area contributed by atoms with Crippen molar-refractivity contribution in [2.45, 2.75) is 26.4 Å². The summed E-state index contributed by atoms with van der Waals surface area (Å²) in [4.78, 5) is 15.2. The molecule has 0 spiro atoms. The highest BCUT2D eigenvalue weighted by atomic mass is 16.5. The summed E-state index contributed by atoms with van der Waals surface area (Å²) in [6.45, 7) is 5.04. The molecule has 0 N–H and O–H groups in total. The van der Waals surface area contributed by atoms with Crippen LogP contribution in [0.15, 0.2) is 78.4 Å². The Hall–Kier alpha value is -3.17. The maximum Gasteiger partial charge on any atom is 0.189 e. The Morgan fingerprint density at radius 3 is 2.30 bits per heavy atom.